The molecule has 0 saturated carbocycles. The van der Waals surface area contributed by atoms with Gasteiger partial charge in [-0.2, -0.15) is 8.42 Å². The van der Waals surface area contributed by atoms with Crippen LogP contribution < -0.4 is 19.1 Å². The van der Waals surface area contributed by atoms with Gasteiger partial charge in [-0.15, -0.1) is 0 Å². The van der Waals surface area contributed by atoms with E-state index in [0.29, 0.717) is 22.4 Å². The van der Waals surface area contributed by atoms with Crippen molar-refractivity contribution in [2.24, 2.45) is 0 Å². The third kappa shape index (κ3) is 3.65. The van der Waals surface area contributed by atoms with Gasteiger partial charge in [0.15, 0.2) is 5.43 Å². The van der Waals surface area contributed by atoms with Crippen LogP contribution in [0, 0.1) is 0 Å². The van der Waals surface area contributed by atoms with Crippen LogP contribution in [0.15, 0.2) is 51.7 Å². The second kappa shape index (κ2) is 6.72. The summed E-state index contributed by atoms with van der Waals surface area (Å²) in [5.41, 5.74) is 0.485. The molecule has 0 saturated heterocycles. The summed E-state index contributed by atoms with van der Waals surface area (Å²) in [7, 11) is -0.659. The summed E-state index contributed by atoms with van der Waals surface area (Å²) in [6.45, 7) is 0. The number of fused-ring (bicyclic) bond motifs is 1. The minimum atomic E-state index is -3.69. The lowest BCUT2D eigenvalue weighted by Gasteiger charge is -2.10. The first-order valence-electron chi connectivity index (χ1n) is 7.50. The molecule has 0 aliphatic carbocycles. The number of hydrogen-bond acceptors (Lipinski definition) is 7. The summed E-state index contributed by atoms with van der Waals surface area (Å²) < 4.78 is 43.7. The summed E-state index contributed by atoms with van der Waals surface area (Å²) in [4.78, 5) is 12.4. The minimum absolute atomic E-state index is 0.0574. The molecule has 0 aliphatic heterocycles. The molecule has 26 heavy (non-hydrogen) atoms. The highest BCUT2D eigenvalue weighted by Gasteiger charge is 2.14. The molecule has 0 radical (unpaired) electrons. The fourth-order valence-corrected chi connectivity index (χ4v) is 2.95. The van der Waals surface area contributed by atoms with E-state index in [1.807, 2.05) is 0 Å². The van der Waals surface area contributed by atoms with Crippen molar-refractivity contribution in [2.75, 3.05) is 20.5 Å². The van der Waals surface area contributed by atoms with Gasteiger partial charge in [0.2, 0.25) is 0 Å². The molecule has 136 valence electrons. The summed E-state index contributed by atoms with van der Waals surface area (Å²) >= 11 is 0. The predicted octanol–water partition coefficient (Wildman–Crippen LogP) is 2.82. The maximum atomic E-state index is 12.4. The van der Waals surface area contributed by atoms with Gasteiger partial charge in [0.25, 0.3) is 0 Å². The number of hydrogen-bond donors (Lipinski definition) is 0. The number of methoxy groups -OCH3 is 2. The van der Waals surface area contributed by atoms with Crippen LogP contribution in [0.25, 0.3) is 22.3 Å². The molecule has 0 fully saturated rings. The molecule has 0 aliphatic rings. The molecule has 1 aromatic heterocycles. The molecular weight excluding hydrogens is 360 g/mol. The number of ether oxygens (including phenoxy) is 2. The van der Waals surface area contributed by atoms with Gasteiger partial charge < -0.3 is 18.1 Å². The summed E-state index contributed by atoms with van der Waals surface area (Å²) in [6.07, 6.45) is 0.937. The van der Waals surface area contributed by atoms with Crippen molar-refractivity contribution < 1.29 is 26.5 Å². The van der Waals surface area contributed by atoms with Crippen LogP contribution in [0.1, 0.15) is 0 Å². The number of benzene rings is 2. The second-order valence-corrected chi connectivity index (χ2v) is 7.06. The monoisotopic (exact) mass is 376 g/mol. The van der Waals surface area contributed by atoms with Crippen molar-refractivity contribution >= 4 is 21.1 Å². The number of rotatable bonds is 5. The van der Waals surface area contributed by atoms with Gasteiger partial charge in [0, 0.05) is 18.2 Å². The summed E-state index contributed by atoms with van der Waals surface area (Å²) in [6, 6.07) is 10.7. The van der Waals surface area contributed by atoms with Crippen LogP contribution in [-0.4, -0.2) is 28.9 Å². The van der Waals surface area contributed by atoms with E-state index >= 15 is 0 Å². The van der Waals surface area contributed by atoms with Gasteiger partial charge in [-0.1, -0.05) is 0 Å². The smallest absolute Gasteiger partial charge is 0.306 e. The fourth-order valence-electron chi connectivity index (χ4n) is 2.50. The molecule has 0 amide bonds. The second-order valence-electron chi connectivity index (χ2n) is 5.49. The zero-order chi connectivity index (χ0) is 18.9. The van der Waals surface area contributed by atoms with Crippen LogP contribution in [0.3, 0.4) is 0 Å². The van der Waals surface area contributed by atoms with Gasteiger partial charge in [0.1, 0.15) is 28.6 Å². The lowest BCUT2D eigenvalue weighted by molar-refractivity contribution is 0.394. The first-order chi connectivity index (χ1) is 12.3. The Morgan fingerprint density at radius 1 is 0.923 bits per heavy atom. The SMILES string of the molecule is COc1ccc(-c2cc(=O)c3ccc(OS(C)(=O)=O)cc3o2)c(OC)c1. The van der Waals surface area contributed by atoms with E-state index in [-0.39, 0.29) is 22.5 Å². The van der Waals surface area contributed by atoms with Crippen LogP contribution >= 0.6 is 0 Å². The maximum absolute atomic E-state index is 12.4. The van der Waals surface area contributed by atoms with Gasteiger partial charge >= 0.3 is 10.1 Å². The topological polar surface area (TPSA) is 92.0 Å². The molecule has 0 unspecified atom stereocenters. The van der Waals surface area contributed by atoms with Gasteiger partial charge in [-0.05, 0) is 24.3 Å². The quantitative estimate of drug-likeness (QED) is 0.632. The van der Waals surface area contributed by atoms with Gasteiger partial charge in [-0.3, -0.25) is 4.79 Å². The highest BCUT2D eigenvalue weighted by molar-refractivity contribution is 7.86. The van der Waals surface area contributed by atoms with E-state index in [9.17, 15) is 13.2 Å². The van der Waals surface area contributed by atoms with E-state index in [1.54, 1.807) is 18.2 Å². The lowest BCUT2D eigenvalue weighted by Crippen LogP contribution is -2.06. The Bertz CT molecular complexity index is 1130. The Labute approximate surface area is 149 Å². The third-order valence-electron chi connectivity index (χ3n) is 3.62. The van der Waals surface area contributed by atoms with Crippen molar-refractivity contribution in [3.63, 3.8) is 0 Å². The Kier molecular flexibility index (Phi) is 4.60. The largest absolute Gasteiger partial charge is 0.497 e. The zero-order valence-electron chi connectivity index (χ0n) is 14.3. The lowest BCUT2D eigenvalue weighted by atomic mass is 10.1. The van der Waals surface area contributed by atoms with Crippen molar-refractivity contribution in [3.8, 4) is 28.6 Å². The van der Waals surface area contributed by atoms with Crippen molar-refractivity contribution in [2.45, 2.75) is 0 Å². The summed E-state index contributed by atoms with van der Waals surface area (Å²) in [5.74, 6) is 1.40. The predicted molar refractivity (Wildman–Crippen MR) is 96.5 cm³/mol. The normalized spacial score (nSPS) is 11.3. The Hall–Kier alpha value is -3.00. The van der Waals surface area contributed by atoms with Gasteiger partial charge in [0.05, 0.1) is 31.4 Å². The van der Waals surface area contributed by atoms with E-state index in [4.69, 9.17) is 18.1 Å². The maximum Gasteiger partial charge on any atom is 0.306 e. The highest BCUT2D eigenvalue weighted by atomic mass is 32.2. The molecule has 0 N–H and O–H groups in total. The van der Waals surface area contributed by atoms with Crippen LogP contribution in [0.4, 0.5) is 0 Å². The molecule has 0 bridgehead atoms. The van der Waals surface area contributed by atoms with Crippen molar-refractivity contribution in [3.05, 3.63) is 52.7 Å². The standard InChI is InChI=1S/C18H16O7S/c1-22-11-4-7-14(16(8-11)23-2)18-10-15(19)13-6-5-12(9-17(13)24-18)25-26(3,20)21/h4-10H,1-3H3. The van der Waals surface area contributed by atoms with Gasteiger partial charge in [-0.25, -0.2) is 0 Å². The molecule has 3 aromatic rings. The van der Waals surface area contributed by atoms with Crippen LogP contribution in [0.5, 0.6) is 17.2 Å². The van der Waals surface area contributed by atoms with E-state index < -0.39 is 10.1 Å². The average molecular weight is 376 g/mol. The molecule has 1 heterocycles. The van der Waals surface area contributed by atoms with Crippen LogP contribution in [-0.2, 0) is 10.1 Å². The van der Waals surface area contributed by atoms with Crippen molar-refractivity contribution in [1.29, 1.82) is 0 Å². The highest BCUT2D eigenvalue weighted by Crippen LogP contribution is 2.34. The van der Waals surface area contributed by atoms with E-state index in [0.717, 1.165) is 6.26 Å². The van der Waals surface area contributed by atoms with E-state index in [1.165, 1.54) is 38.5 Å². The molecular formula is C18H16O7S. The third-order valence-corrected chi connectivity index (χ3v) is 4.12. The Balaban J connectivity index is 2.17. The molecule has 0 spiro atoms. The molecule has 3 rings (SSSR count). The Morgan fingerprint density at radius 2 is 1.65 bits per heavy atom. The van der Waals surface area contributed by atoms with Crippen molar-refractivity contribution in [1.82, 2.24) is 0 Å². The van der Waals surface area contributed by atoms with Crippen LogP contribution in [0.2, 0.25) is 0 Å². The molecule has 2 aromatic carbocycles. The molecule has 8 heteroatoms. The first kappa shape index (κ1) is 17.8. The fraction of sp³-hybridized carbons (Fsp3) is 0.167. The molecule has 0 atom stereocenters. The minimum Gasteiger partial charge on any atom is -0.497 e. The molecule has 7 nitrogen and oxygen atoms in total. The first-order valence-corrected chi connectivity index (χ1v) is 9.32. The zero-order valence-corrected chi connectivity index (χ0v) is 15.1. The average Bonchev–Trinajstić information content (AvgIpc) is 2.59. The summed E-state index contributed by atoms with van der Waals surface area (Å²) in [5, 5.41) is 0.307. The van der Waals surface area contributed by atoms with E-state index in [2.05, 4.69) is 0 Å². The Morgan fingerprint density at radius 3 is 2.31 bits per heavy atom.